The second-order valence-corrected chi connectivity index (χ2v) is 3.67. The molecule has 0 aliphatic heterocycles. The van der Waals surface area contributed by atoms with Gasteiger partial charge < -0.3 is 5.73 Å². The van der Waals surface area contributed by atoms with Crippen molar-refractivity contribution in [3.8, 4) is 0 Å². The fraction of sp³-hybridized carbons (Fsp3) is 0.100. The molecule has 0 saturated carbocycles. The van der Waals surface area contributed by atoms with Gasteiger partial charge in [-0.2, -0.15) is 5.10 Å². The molecule has 2 aromatic rings. The molecule has 1 aromatic heterocycles. The number of benzene rings is 1. The van der Waals surface area contributed by atoms with Crippen LogP contribution in [0, 0.1) is 0 Å². The zero-order valence-corrected chi connectivity index (χ0v) is 8.70. The highest BCUT2D eigenvalue weighted by atomic mass is 32.1. The third kappa shape index (κ3) is 1.87. The van der Waals surface area contributed by atoms with Gasteiger partial charge in [-0.3, -0.25) is 9.48 Å². The summed E-state index contributed by atoms with van der Waals surface area (Å²) in [6.45, 7) is 0.343. The van der Waals surface area contributed by atoms with Crippen LogP contribution in [-0.4, -0.2) is 14.8 Å². The molecule has 0 amide bonds. The molecule has 76 valence electrons. The summed E-state index contributed by atoms with van der Waals surface area (Å²) in [5.74, 6) is 0. The Kier molecular flexibility index (Phi) is 2.47. The van der Waals surface area contributed by atoms with Gasteiger partial charge in [0, 0.05) is 5.39 Å². The average Bonchev–Trinajstić information content (AvgIpc) is 2.22. The van der Waals surface area contributed by atoms with E-state index in [1.807, 2.05) is 18.2 Å². The number of hydrogen-bond acceptors (Lipinski definition) is 3. The van der Waals surface area contributed by atoms with E-state index in [0.717, 1.165) is 5.52 Å². The van der Waals surface area contributed by atoms with Gasteiger partial charge >= 0.3 is 0 Å². The van der Waals surface area contributed by atoms with Gasteiger partial charge in [0.25, 0.3) is 0 Å². The Bertz CT molecular complexity index is 576. The van der Waals surface area contributed by atoms with Crippen molar-refractivity contribution < 1.29 is 0 Å². The molecule has 0 aliphatic rings. The molecule has 0 spiro atoms. The highest BCUT2D eigenvalue weighted by Gasteiger charge is 2.03. The Balaban J connectivity index is 2.71. The molecule has 0 fully saturated rings. The first-order valence-corrected chi connectivity index (χ1v) is 4.82. The zero-order valence-electron chi connectivity index (χ0n) is 7.88. The molecular formula is C10H9N3OS. The zero-order chi connectivity index (χ0) is 10.8. The van der Waals surface area contributed by atoms with Gasteiger partial charge in [-0.15, -0.1) is 0 Å². The SMILES string of the molecule is NC(=S)Cn1ncc(=O)c2ccccc21. The van der Waals surface area contributed by atoms with Crippen LogP contribution in [0.2, 0.25) is 0 Å². The number of para-hydroxylation sites is 1. The van der Waals surface area contributed by atoms with E-state index in [0.29, 0.717) is 16.9 Å². The first-order valence-electron chi connectivity index (χ1n) is 4.41. The summed E-state index contributed by atoms with van der Waals surface area (Å²) in [4.78, 5) is 11.8. The normalized spacial score (nSPS) is 10.4. The van der Waals surface area contributed by atoms with Crippen molar-refractivity contribution in [1.82, 2.24) is 9.78 Å². The number of thiocarbonyl (C=S) groups is 1. The van der Waals surface area contributed by atoms with Crippen LogP contribution < -0.4 is 11.2 Å². The maximum Gasteiger partial charge on any atom is 0.207 e. The Hall–Kier alpha value is -1.75. The molecular weight excluding hydrogens is 210 g/mol. The van der Waals surface area contributed by atoms with Crippen LogP contribution in [-0.2, 0) is 6.54 Å². The lowest BCUT2D eigenvalue weighted by molar-refractivity contribution is 0.733. The van der Waals surface area contributed by atoms with Crippen LogP contribution in [0.4, 0.5) is 0 Å². The minimum atomic E-state index is -0.0928. The van der Waals surface area contributed by atoms with E-state index in [1.54, 1.807) is 10.7 Å². The summed E-state index contributed by atoms with van der Waals surface area (Å²) in [5, 5.41) is 4.61. The minimum Gasteiger partial charge on any atom is -0.392 e. The number of rotatable bonds is 2. The monoisotopic (exact) mass is 219 g/mol. The van der Waals surface area contributed by atoms with Crippen LogP contribution in [0.25, 0.3) is 10.9 Å². The Morgan fingerprint density at radius 1 is 1.47 bits per heavy atom. The second-order valence-electron chi connectivity index (χ2n) is 3.15. The van der Waals surface area contributed by atoms with Gasteiger partial charge in [-0.1, -0.05) is 24.4 Å². The van der Waals surface area contributed by atoms with Crippen molar-refractivity contribution in [3.63, 3.8) is 0 Å². The summed E-state index contributed by atoms with van der Waals surface area (Å²) in [5.41, 5.74) is 6.10. The summed E-state index contributed by atoms with van der Waals surface area (Å²) < 4.78 is 1.62. The number of aromatic nitrogens is 2. The van der Waals surface area contributed by atoms with Gasteiger partial charge in [0.1, 0.15) is 0 Å². The maximum atomic E-state index is 11.5. The number of nitrogens with two attached hydrogens (primary N) is 1. The lowest BCUT2D eigenvalue weighted by Gasteiger charge is -2.07. The van der Waals surface area contributed by atoms with Crippen molar-refractivity contribution in [2.45, 2.75) is 6.54 Å². The molecule has 1 aromatic carbocycles. The molecule has 2 rings (SSSR count). The minimum absolute atomic E-state index is 0.0928. The standard InChI is InChI=1S/C10H9N3OS/c11-10(15)6-13-8-4-2-1-3-7(8)9(14)5-12-13/h1-5H,6H2,(H2,11,15). The van der Waals surface area contributed by atoms with Crippen molar-refractivity contribution in [1.29, 1.82) is 0 Å². The fourth-order valence-corrected chi connectivity index (χ4v) is 1.56. The van der Waals surface area contributed by atoms with E-state index in [1.165, 1.54) is 6.20 Å². The Morgan fingerprint density at radius 2 is 2.20 bits per heavy atom. The number of hydrogen-bond donors (Lipinski definition) is 1. The van der Waals surface area contributed by atoms with Gasteiger partial charge in [-0.05, 0) is 12.1 Å². The summed E-state index contributed by atoms with van der Waals surface area (Å²) in [6, 6.07) is 7.24. The molecule has 4 nitrogen and oxygen atoms in total. The largest absolute Gasteiger partial charge is 0.392 e. The predicted octanol–water partition coefficient (Wildman–Crippen LogP) is 0.683. The molecule has 0 atom stereocenters. The third-order valence-electron chi connectivity index (χ3n) is 2.07. The van der Waals surface area contributed by atoms with E-state index in [2.05, 4.69) is 5.10 Å². The van der Waals surface area contributed by atoms with Crippen molar-refractivity contribution in [2.75, 3.05) is 0 Å². The Labute approximate surface area is 91.3 Å². The van der Waals surface area contributed by atoms with E-state index >= 15 is 0 Å². The summed E-state index contributed by atoms with van der Waals surface area (Å²) in [6.07, 6.45) is 1.28. The molecule has 5 heteroatoms. The molecule has 1 heterocycles. The second kappa shape index (κ2) is 3.78. The molecule has 0 aliphatic carbocycles. The molecule has 2 N–H and O–H groups in total. The third-order valence-corrected chi connectivity index (χ3v) is 2.20. The lowest BCUT2D eigenvalue weighted by Crippen LogP contribution is -2.21. The van der Waals surface area contributed by atoms with Gasteiger partial charge in [0.05, 0.1) is 23.2 Å². The summed E-state index contributed by atoms with van der Waals surface area (Å²) >= 11 is 4.81. The van der Waals surface area contributed by atoms with Crippen LogP contribution >= 0.6 is 12.2 Å². The Morgan fingerprint density at radius 3 is 2.93 bits per heavy atom. The molecule has 0 saturated heterocycles. The lowest BCUT2D eigenvalue weighted by atomic mass is 10.2. The van der Waals surface area contributed by atoms with Crippen LogP contribution in [0.3, 0.4) is 0 Å². The van der Waals surface area contributed by atoms with E-state index in [9.17, 15) is 4.79 Å². The van der Waals surface area contributed by atoms with Gasteiger partial charge in [0.15, 0.2) is 0 Å². The highest BCUT2D eigenvalue weighted by molar-refractivity contribution is 7.80. The highest BCUT2D eigenvalue weighted by Crippen LogP contribution is 2.07. The smallest absolute Gasteiger partial charge is 0.207 e. The quantitative estimate of drug-likeness (QED) is 0.755. The van der Waals surface area contributed by atoms with E-state index in [-0.39, 0.29) is 5.43 Å². The predicted molar refractivity (Wildman–Crippen MR) is 62.8 cm³/mol. The van der Waals surface area contributed by atoms with Crippen LogP contribution in [0.1, 0.15) is 0 Å². The molecule has 15 heavy (non-hydrogen) atoms. The number of nitrogens with zero attached hydrogens (tertiary/aromatic N) is 2. The van der Waals surface area contributed by atoms with Crippen molar-refractivity contribution in [3.05, 3.63) is 40.7 Å². The van der Waals surface area contributed by atoms with Crippen LogP contribution in [0.5, 0.6) is 0 Å². The van der Waals surface area contributed by atoms with Gasteiger partial charge in [-0.25, -0.2) is 0 Å². The van der Waals surface area contributed by atoms with E-state index < -0.39 is 0 Å². The van der Waals surface area contributed by atoms with E-state index in [4.69, 9.17) is 18.0 Å². The first-order chi connectivity index (χ1) is 7.18. The van der Waals surface area contributed by atoms with Crippen molar-refractivity contribution in [2.24, 2.45) is 5.73 Å². The number of fused-ring (bicyclic) bond motifs is 1. The average molecular weight is 219 g/mol. The first kappa shape index (κ1) is 9.79. The topological polar surface area (TPSA) is 60.9 Å². The maximum absolute atomic E-state index is 11.5. The van der Waals surface area contributed by atoms with Gasteiger partial charge in [0.2, 0.25) is 5.43 Å². The van der Waals surface area contributed by atoms with Crippen molar-refractivity contribution >= 4 is 28.1 Å². The molecule has 0 bridgehead atoms. The summed E-state index contributed by atoms with van der Waals surface area (Å²) in [7, 11) is 0. The molecule has 0 radical (unpaired) electrons. The van der Waals surface area contributed by atoms with Crippen LogP contribution in [0.15, 0.2) is 35.3 Å². The fourth-order valence-electron chi connectivity index (χ4n) is 1.43. The molecule has 0 unspecified atom stereocenters.